The summed E-state index contributed by atoms with van der Waals surface area (Å²) in [7, 11) is 0. The molecular weight excluding hydrogens is 289 g/mol. The first-order valence-electron chi connectivity index (χ1n) is 7.37. The average molecular weight is 305 g/mol. The summed E-state index contributed by atoms with van der Waals surface area (Å²) in [5.74, 6) is -0.874. The predicted octanol–water partition coefficient (Wildman–Crippen LogP) is 1.33. The number of hydrogen-bond acceptors (Lipinski definition) is 4. The molecule has 0 unspecified atom stereocenters. The number of carbonyl (C=O) groups excluding carboxylic acids is 1. The molecular formula is C15H16FN3O3. The van der Waals surface area contributed by atoms with Crippen LogP contribution in [0.1, 0.15) is 16.8 Å². The number of halogens is 1. The van der Waals surface area contributed by atoms with Gasteiger partial charge in [-0.3, -0.25) is 4.79 Å². The number of morpholine rings is 1. The number of hydrogen-bond donors (Lipinski definition) is 1. The highest BCUT2D eigenvalue weighted by Gasteiger charge is 2.38. The molecule has 2 fully saturated rings. The molecule has 4 rings (SSSR count). The molecule has 2 aromatic rings. The van der Waals surface area contributed by atoms with E-state index in [1.165, 1.54) is 12.4 Å². The third kappa shape index (κ3) is 2.08. The SMILES string of the molecule is O=C(c1ccc2[nH]cnc2c1F)N1CCO[C@@H]2COCC[C@@H]21. The largest absolute Gasteiger partial charge is 0.379 e. The molecule has 0 aliphatic carbocycles. The zero-order valence-electron chi connectivity index (χ0n) is 11.9. The highest BCUT2D eigenvalue weighted by atomic mass is 19.1. The van der Waals surface area contributed by atoms with Gasteiger partial charge >= 0.3 is 0 Å². The Morgan fingerprint density at radius 1 is 1.41 bits per heavy atom. The Kier molecular flexibility index (Phi) is 3.31. The molecule has 3 heterocycles. The molecule has 0 radical (unpaired) electrons. The lowest BCUT2D eigenvalue weighted by atomic mass is 10.0. The Morgan fingerprint density at radius 2 is 2.32 bits per heavy atom. The minimum atomic E-state index is -0.571. The van der Waals surface area contributed by atoms with E-state index in [1.807, 2.05) is 0 Å². The van der Waals surface area contributed by atoms with Crippen molar-refractivity contribution >= 4 is 16.9 Å². The van der Waals surface area contributed by atoms with Crippen LogP contribution in [0.25, 0.3) is 11.0 Å². The first-order valence-corrected chi connectivity index (χ1v) is 7.37. The maximum atomic E-state index is 14.5. The van der Waals surface area contributed by atoms with Crippen LogP contribution in [0.15, 0.2) is 18.5 Å². The number of amides is 1. The van der Waals surface area contributed by atoms with Crippen LogP contribution in [-0.4, -0.2) is 59.3 Å². The lowest BCUT2D eigenvalue weighted by molar-refractivity contribution is -0.124. The van der Waals surface area contributed by atoms with Crippen LogP contribution in [0.4, 0.5) is 4.39 Å². The Morgan fingerprint density at radius 3 is 3.23 bits per heavy atom. The second kappa shape index (κ2) is 5.33. The van der Waals surface area contributed by atoms with E-state index in [9.17, 15) is 9.18 Å². The second-order valence-corrected chi connectivity index (χ2v) is 5.56. The number of benzene rings is 1. The Hall–Kier alpha value is -1.99. The van der Waals surface area contributed by atoms with Crippen molar-refractivity contribution in [2.24, 2.45) is 0 Å². The first-order chi connectivity index (χ1) is 10.8. The third-order valence-electron chi connectivity index (χ3n) is 4.35. The highest BCUT2D eigenvalue weighted by Crippen LogP contribution is 2.26. The number of imidazole rings is 1. The van der Waals surface area contributed by atoms with Gasteiger partial charge in [0.25, 0.3) is 5.91 Å². The topological polar surface area (TPSA) is 67.5 Å². The summed E-state index contributed by atoms with van der Waals surface area (Å²) in [6.07, 6.45) is 2.01. The van der Waals surface area contributed by atoms with Gasteiger partial charge in [0.15, 0.2) is 5.82 Å². The number of rotatable bonds is 1. The zero-order valence-corrected chi connectivity index (χ0v) is 11.9. The lowest BCUT2D eigenvalue weighted by Gasteiger charge is -2.43. The van der Waals surface area contributed by atoms with Gasteiger partial charge in [0, 0.05) is 13.2 Å². The van der Waals surface area contributed by atoms with Crippen LogP contribution in [0.5, 0.6) is 0 Å². The highest BCUT2D eigenvalue weighted by molar-refractivity contribution is 5.98. The second-order valence-electron chi connectivity index (χ2n) is 5.56. The van der Waals surface area contributed by atoms with Gasteiger partial charge in [0.05, 0.1) is 36.7 Å². The maximum absolute atomic E-state index is 14.5. The molecule has 0 saturated carbocycles. The number of nitrogens with one attached hydrogen (secondary N) is 1. The number of aromatic nitrogens is 2. The lowest BCUT2D eigenvalue weighted by Crippen LogP contribution is -2.57. The van der Waals surface area contributed by atoms with Crippen LogP contribution in [0.2, 0.25) is 0 Å². The predicted molar refractivity (Wildman–Crippen MR) is 76.1 cm³/mol. The summed E-state index contributed by atoms with van der Waals surface area (Å²) in [6.45, 7) is 1.99. The van der Waals surface area contributed by atoms with Crippen molar-refractivity contribution in [3.05, 3.63) is 29.8 Å². The Bertz CT molecular complexity index is 715. The normalized spacial score (nSPS) is 25.2. The van der Waals surface area contributed by atoms with Gasteiger partial charge < -0.3 is 19.4 Å². The Labute approximate surface area is 126 Å². The fourth-order valence-electron chi connectivity index (χ4n) is 3.23. The standard InChI is InChI=1S/C15H16FN3O3/c16-13-9(1-2-10-14(13)18-8-17-10)15(20)19-4-6-22-12-7-21-5-3-11(12)19/h1-2,8,11-12H,3-7H2,(H,17,18)/t11-,12+/m0/s1. The number of fused-ring (bicyclic) bond motifs is 2. The fraction of sp³-hybridized carbons (Fsp3) is 0.467. The molecule has 0 bridgehead atoms. The van der Waals surface area contributed by atoms with E-state index in [0.717, 1.165) is 0 Å². The van der Waals surface area contributed by atoms with Crippen molar-refractivity contribution in [2.45, 2.75) is 18.6 Å². The number of nitrogens with zero attached hydrogens (tertiary/aromatic N) is 2. The molecule has 7 heteroatoms. The van der Waals surface area contributed by atoms with Crippen LogP contribution in [-0.2, 0) is 9.47 Å². The molecule has 22 heavy (non-hydrogen) atoms. The Balaban J connectivity index is 1.68. The van der Waals surface area contributed by atoms with Crippen molar-refractivity contribution in [3.8, 4) is 0 Å². The van der Waals surface area contributed by atoms with Crippen molar-refractivity contribution in [1.82, 2.24) is 14.9 Å². The van der Waals surface area contributed by atoms with Crippen LogP contribution < -0.4 is 0 Å². The summed E-state index contributed by atoms with van der Waals surface area (Å²) in [5.41, 5.74) is 0.842. The summed E-state index contributed by atoms with van der Waals surface area (Å²) in [4.78, 5) is 21.3. The van der Waals surface area contributed by atoms with Crippen molar-refractivity contribution in [1.29, 1.82) is 0 Å². The van der Waals surface area contributed by atoms with E-state index < -0.39 is 5.82 Å². The van der Waals surface area contributed by atoms with Gasteiger partial charge in [0.1, 0.15) is 11.6 Å². The van der Waals surface area contributed by atoms with Crippen LogP contribution >= 0.6 is 0 Å². The first kappa shape index (κ1) is 13.7. The van der Waals surface area contributed by atoms with Crippen LogP contribution in [0, 0.1) is 5.82 Å². The van der Waals surface area contributed by atoms with E-state index in [4.69, 9.17) is 9.47 Å². The smallest absolute Gasteiger partial charge is 0.257 e. The van der Waals surface area contributed by atoms with E-state index in [-0.39, 0.29) is 29.1 Å². The fourth-order valence-corrected chi connectivity index (χ4v) is 3.23. The van der Waals surface area contributed by atoms with Gasteiger partial charge in [-0.15, -0.1) is 0 Å². The van der Waals surface area contributed by atoms with Gasteiger partial charge in [-0.05, 0) is 18.6 Å². The van der Waals surface area contributed by atoms with E-state index in [1.54, 1.807) is 11.0 Å². The van der Waals surface area contributed by atoms with E-state index in [0.29, 0.717) is 38.3 Å². The molecule has 116 valence electrons. The average Bonchev–Trinajstić information content (AvgIpc) is 3.04. The maximum Gasteiger partial charge on any atom is 0.257 e. The zero-order chi connectivity index (χ0) is 15.1. The monoisotopic (exact) mass is 305 g/mol. The summed E-state index contributed by atoms with van der Waals surface area (Å²) in [5, 5.41) is 0. The van der Waals surface area contributed by atoms with Crippen LogP contribution in [0.3, 0.4) is 0 Å². The van der Waals surface area contributed by atoms with Gasteiger partial charge in [-0.25, -0.2) is 9.37 Å². The molecule has 2 aliphatic heterocycles. The molecule has 2 aliphatic rings. The van der Waals surface area contributed by atoms with Gasteiger partial charge in [-0.1, -0.05) is 0 Å². The number of carbonyl (C=O) groups is 1. The quantitative estimate of drug-likeness (QED) is 0.863. The molecule has 1 amide bonds. The van der Waals surface area contributed by atoms with Crippen molar-refractivity contribution in [3.63, 3.8) is 0 Å². The van der Waals surface area contributed by atoms with Crippen molar-refractivity contribution < 1.29 is 18.7 Å². The minimum absolute atomic E-state index is 0.0516. The van der Waals surface area contributed by atoms with E-state index in [2.05, 4.69) is 9.97 Å². The molecule has 1 aromatic carbocycles. The number of H-pyrrole nitrogens is 1. The summed E-state index contributed by atoms with van der Waals surface area (Å²) >= 11 is 0. The summed E-state index contributed by atoms with van der Waals surface area (Å²) < 4.78 is 25.6. The summed E-state index contributed by atoms with van der Waals surface area (Å²) in [6, 6.07) is 3.15. The molecule has 0 spiro atoms. The molecule has 1 aromatic heterocycles. The number of aromatic amines is 1. The number of ether oxygens (including phenoxy) is 2. The molecule has 1 N–H and O–H groups in total. The third-order valence-corrected chi connectivity index (χ3v) is 4.35. The van der Waals surface area contributed by atoms with E-state index >= 15 is 0 Å². The molecule has 6 nitrogen and oxygen atoms in total. The minimum Gasteiger partial charge on any atom is -0.379 e. The van der Waals surface area contributed by atoms with Gasteiger partial charge in [-0.2, -0.15) is 0 Å². The van der Waals surface area contributed by atoms with Crippen molar-refractivity contribution in [2.75, 3.05) is 26.4 Å². The molecule has 2 saturated heterocycles. The molecule has 2 atom stereocenters. The van der Waals surface area contributed by atoms with Gasteiger partial charge in [0.2, 0.25) is 0 Å².